The Bertz CT molecular complexity index is 237. The Balaban J connectivity index is 3.04. The van der Waals surface area contributed by atoms with Crippen molar-refractivity contribution in [1.82, 2.24) is 0 Å². The maximum absolute atomic E-state index is 10.9. The number of hydrogen-bond acceptors (Lipinski definition) is 1. The second-order valence-corrected chi connectivity index (χ2v) is 2.85. The standard InChI is InChI=1S/C7H8BrNO/c1-2-6-3-4-7(8)9(10)5-6/h3-5H,2H2,1H3. The molecule has 0 bridgehead atoms. The lowest BCUT2D eigenvalue weighted by atomic mass is 10.2. The van der Waals surface area contributed by atoms with Gasteiger partial charge >= 0.3 is 0 Å². The van der Waals surface area contributed by atoms with Gasteiger partial charge in [-0.15, -0.1) is 0 Å². The van der Waals surface area contributed by atoms with E-state index >= 15 is 0 Å². The van der Waals surface area contributed by atoms with Crippen LogP contribution in [0.2, 0.25) is 0 Å². The number of pyridine rings is 1. The van der Waals surface area contributed by atoms with Crippen LogP contribution in [0.1, 0.15) is 12.5 Å². The van der Waals surface area contributed by atoms with Crippen molar-refractivity contribution in [2.24, 2.45) is 0 Å². The molecule has 0 fully saturated rings. The molecule has 2 nitrogen and oxygen atoms in total. The number of halogens is 1. The highest BCUT2D eigenvalue weighted by molar-refractivity contribution is 9.10. The Morgan fingerprint density at radius 2 is 2.30 bits per heavy atom. The molecule has 1 rings (SSSR count). The number of hydrogen-bond donors (Lipinski definition) is 0. The molecule has 1 aromatic rings. The highest BCUT2D eigenvalue weighted by atomic mass is 79.9. The monoisotopic (exact) mass is 201 g/mol. The van der Waals surface area contributed by atoms with E-state index in [2.05, 4.69) is 15.9 Å². The molecule has 0 atom stereocenters. The number of rotatable bonds is 1. The zero-order valence-electron chi connectivity index (χ0n) is 5.67. The molecule has 54 valence electrons. The molecule has 10 heavy (non-hydrogen) atoms. The van der Waals surface area contributed by atoms with Gasteiger partial charge in [-0.1, -0.05) is 6.92 Å². The van der Waals surface area contributed by atoms with E-state index in [1.165, 1.54) is 0 Å². The summed E-state index contributed by atoms with van der Waals surface area (Å²) in [5.41, 5.74) is 1.05. The smallest absolute Gasteiger partial charge is 0.259 e. The van der Waals surface area contributed by atoms with Crippen molar-refractivity contribution in [3.05, 3.63) is 33.7 Å². The van der Waals surface area contributed by atoms with E-state index in [4.69, 9.17) is 0 Å². The lowest BCUT2D eigenvalue weighted by Gasteiger charge is -1.99. The first-order valence-electron chi connectivity index (χ1n) is 3.11. The molecule has 0 aliphatic heterocycles. The number of aromatic nitrogens is 1. The van der Waals surface area contributed by atoms with Gasteiger partial charge in [-0.05, 0) is 12.5 Å². The molecule has 3 heteroatoms. The Hall–Kier alpha value is -0.570. The maximum Gasteiger partial charge on any atom is 0.259 e. The Labute approximate surface area is 68.2 Å². The van der Waals surface area contributed by atoms with Crippen LogP contribution in [0.5, 0.6) is 0 Å². The maximum atomic E-state index is 10.9. The number of aryl methyl sites for hydroxylation is 1. The molecule has 0 spiro atoms. The van der Waals surface area contributed by atoms with Gasteiger partial charge in [0.2, 0.25) is 0 Å². The van der Waals surface area contributed by atoms with Crippen LogP contribution in [0.3, 0.4) is 0 Å². The lowest BCUT2D eigenvalue weighted by molar-refractivity contribution is -0.617. The lowest BCUT2D eigenvalue weighted by Crippen LogP contribution is -2.27. The fourth-order valence-electron chi connectivity index (χ4n) is 0.714. The molecule has 0 aliphatic rings. The van der Waals surface area contributed by atoms with Gasteiger partial charge in [0.05, 0.1) is 0 Å². The minimum atomic E-state index is 0.560. The summed E-state index contributed by atoms with van der Waals surface area (Å²) in [6.07, 6.45) is 2.47. The molecule has 1 heterocycles. The van der Waals surface area contributed by atoms with Crippen molar-refractivity contribution < 1.29 is 4.73 Å². The number of nitrogens with zero attached hydrogens (tertiary/aromatic N) is 1. The van der Waals surface area contributed by atoms with Crippen molar-refractivity contribution in [2.45, 2.75) is 13.3 Å². The average Bonchev–Trinajstić information content (AvgIpc) is 1.95. The summed E-state index contributed by atoms with van der Waals surface area (Å²) in [6, 6.07) is 3.68. The molecule has 0 unspecified atom stereocenters. The van der Waals surface area contributed by atoms with Gasteiger partial charge in [-0.25, -0.2) is 0 Å². The van der Waals surface area contributed by atoms with E-state index in [0.29, 0.717) is 4.60 Å². The third kappa shape index (κ3) is 1.48. The van der Waals surface area contributed by atoms with Gasteiger partial charge in [0.25, 0.3) is 4.60 Å². The third-order valence-electron chi connectivity index (χ3n) is 1.34. The summed E-state index contributed by atoms with van der Waals surface area (Å²) in [6.45, 7) is 2.02. The SMILES string of the molecule is CCc1ccc(Br)[n+]([O-])c1. The Kier molecular flexibility index (Phi) is 2.27. The molecule has 1 aromatic heterocycles. The van der Waals surface area contributed by atoms with Crippen LogP contribution in [-0.2, 0) is 6.42 Å². The predicted octanol–water partition coefficient (Wildman–Crippen LogP) is 1.64. The van der Waals surface area contributed by atoms with Crippen molar-refractivity contribution in [3.8, 4) is 0 Å². The van der Waals surface area contributed by atoms with Gasteiger partial charge in [0.1, 0.15) is 0 Å². The average molecular weight is 202 g/mol. The summed E-state index contributed by atoms with van der Waals surface area (Å²) in [7, 11) is 0. The van der Waals surface area contributed by atoms with Gasteiger partial charge in [-0.3, -0.25) is 0 Å². The topological polar surface area (TPSA) is 26.9 Å². The van der Waals surface area contributed by atoms with Gasteiger partial charge in [0.15, 0.2) is 6.20 Å². The van der Waals surface area contributed by atoms with Crippen molar-refractivity contribution in [1.29, 1.82) is 0 Å². The van der Waals surface area contributed by atoms with E-state index in [1.54, 1.807) is 12.3 Å². The zero-order valence-corrected chi connectivity index (χ0v) is 7.26. The highest BCUT2D eigenvalue weighted by Crippen LogP contribution is 2.04. The van der Waals surface area contributed by atoms with Gasteiger partial charge < -0.3 is 5.21 Å². The molecule has 0 saturated carbocycles. The zero-order chi connectivity index (χ0) is 7.56. The molecule has 0 aromatic carbocycles. The van der Waals surface area contributed by atoms with Crippen LogP contribution in [-0.4, -0.2) is 0 Å². The van der Waals surface area contributed by atoms with Gasteiger partial charge in [0, 0.05) is 27.6 Å². The first-order chi connectivity index (χ1) is 4.74. The Morgan fingerprint density at radius 1 is 1.60 bits per heavy atom. The minimum Gasteiger partial charge on any atom is -0.618 e. The summed E-state index contributed by atoms with van der Waals surface area (Å²) in [5.74, 6) is 0. The molecular formula is C7H8BrNO. The minimum absolute atomic E-state index is 0.560. The van der Waals surface area contributed by atoms with Crippen LogP contribution in [0.15, 0.2) is 22.9 Å². The largest absolute Gasteiger partial charge is 0.618 e. The van der Waals surface area contributed by atoms with Crippen LogP contribution < -0.4 is 4.73 Å². The van der Waals surface area contributed by atoms with Crippen LogP contribution >= 0.6 is 15.9 Å². The third-order valence-corrected chi connectivity index (χ3v) is 1.95. The first kappa shape index (κ1) is 7.54. The van der Waals surface area contributed by atoms with E-state index in [9.17, 15) is 5.21 Å². The second-order valence-electron chi connectivity index (χ2n) is 2.04. The second kappa shape index (κ2) is 3.01. The summed E-state index contributed by atoms with van der Waals surface area (Å²) >= 11 is 3.11. The van der Waals surface area contributed by atoms with E-state index in [0.717, 1.165) is 16.7 Å². The highest BCUT2D eigenvalue weighted by Gasteiger charge is 1.99. The van der Waals surface area contributed by atoms with Crippen molar-refractivity contribution >= 4 is 15.9 Å². The Morgan fingerprint density at radius 3 is 2.80 bits per heavy atom. The quantitative estimate of drug-likeness (QED) is 0.386. The molecule has 0 N–H and O–H groups in total. The normalized spacial score (nSPS) is 9.80. The first-order valence-corrected chi connectivity index (χ1v) is 3.91. The van der Waals surface area contributed by atoms with Crippen molar-refractivity contribution in [3.63, 3.8) is 0 Å². The predicted molar refractivity (Wildman–Crippen MR) is 42.5 cm³/mol. The molecular weight excluding hydrogens is 194 g/mol. The van der Waals surface area contributed by atoms with E-state index < -0.39 is 0 Å². The van der Waals surface area contributed by atoms with Crippen LogP contribution in [0.25, 0.3) is 0 Å². The summed E-state index contributed by atoms with van der Waals surface area (Å²) in [4.78, 5) is 0. The molecule has 0 amide bonds. The molecule has 0 saturated heterocycles. The molecule has 0 radical (unpaired) electrons. The van der Waals surface area contributed by atoms with Crippen LogP contribution in [0, 0.1) is 5.21 Å². The van der Waals surface area contributed by atoms with Gasteiger partial charge in [-0.2, -0.15) is 4.73 Å². The molecule has 0 aliphatic carbocycles. The van der Waals surface area contributed by atoms with E-state index in [-0.39, 0.29) is 0 Å². The summed E-state index contributed by atoms with van der Waals surface area (Å²) in [5, 5.41) is 10.9. The summed E-state index contributed by atoms with van der Waals surface area (Å²) < 4.78 is 1.38. The fourth-order valence-corrected chi connectivity index (χ4v) is 0.948. The van der Waals surface area contributed by atoms with Crippen molar-refractivity contribution in [2.75, 3.05) is 0 Å². The van der Waals surface area contributed by atoms with E-state index in [1.807, 2.05) is 13.0 Å². The van der Waals surface area contributed by atoms with Crippen LogP contribution in [0.4, 0.5) is 0 Å². The fraction of sp³-hybridized carbons (Fsp3) is 0.286.